The van der Waals surface area contributed by atoms with Crippen LogP contribution in [0.1, 0.15) is 150 Å². The Hall–Kier alpha value is -11.7. The molecule has 18 heteroatoms. The lowest BCUT2D eigenvalue weighted by atomic mass is 9.86. The minimum Gasteiger partial charge on any atom is -0.350 e. The van der Waals surface area contributed by atoms with Gasteiger partial charge in [-0.05, 0) is 138 Å². The molecule has 0 N–H and O–H groups in total. The van der Waals surface area contributed by atoms with Gasteiger partial charge < -0.3 is 36.5 Å². The highest BCUT2D eigenvalue weighted by molar-refractivity contribution is 6.14. The smallest absolute Gasteiger partial charge is 0.215 e. The Bertz CT molecular complexity index is 7020. The van der Waals surface area contributed by atoms with Gasteiger partial charge in [0.1, 0.15) is 11.6 Å². The summed E-state index contributed by atoms with van der Waals surface area (Å²) in [4.78, 5) is 29.1. The van der Waals surface area contributed by atoms with Gasteiger partial charge in [-0.2, -0.15) is 0 Å². The maximum Gasteiger partial charge on any atom is 0.215 e. The summed E-state index contributed by atoms with van der Waals surface area (Å²) < 4.78 is 26.6. The third-order valence-corrected chi connectivity index (χ3v) is 23.5. The van der Waals surface area contributed by atoms with Gasteiger partial charge in [-0.3, -0.25) is 17.6 Å². The topological polar surface area (TPSA) is 134 Å². The summed E-state index contributed by atoms with van der Waals surface area (Å²) in [5, 5.41) is 3.90. The van der Waals surface area contributed by atoms with Gasteiger partial charge in [-0.25, -0.2) is 29.9 Å². The molecule has 12 heterocycles. The Morgan fingerprint density at radius 2 is 0.741 bits per heavy atom. The number of hydrogen-bond acceptors (Lipinski definition) is 6. The zero-order valence-corrected chi connectivity index (χ0v) is 66.8. The molecule has 0 aliphatic carbocycles. The lowest BCUT2D eigenvalue weighted by molar-refractivity contribution is 0.595. The van der Waals surface area contributed by atoms with E-state index < -0.39 is 0 Å². The van der Waals surface area contributed by atoms with Crippen LogP contribution in [0.15, 0.2) is 153 Å². The highest BCUT2D eigenvalue weighted by Crippen LogP contribution is 2.44. The third kappa shape index (κ3) is 10.0. The molecule has 0 radical (unpaired) electrons. The van der Waals surface area contributed by atoms with Gasteiger partial charge in [0.25, 0.3) is 0 Å². The first-order valence-corrected chi connectivity index (χ1v) is 38.0. The highest BCUT2D eigenvalue weighted by atomic mass is 15.2. The summed E-state index contributed by atoms with van der Waals surface area (Å²) in [6.07, 6.45) is 13.8. The Kier molecular flexibility index (Phi) is 16.0. The van der Waals surface area contributed by atoms with Crippen LogP contribution in [0, 0.1) is 27.7 Å². The van der Waals surface area contributed by atoms with Crippen molar-refractivity contribution >= 4 is 133 Å². The number of aryl methyl sites for hydroxylation is 12. The molecule has 0 atom stereocenters. The van der Waals surface area contributed by atoms with Crippen LogP contribution in [0.3, 0.4) is 0 Å². The molecule has 0 saturated heterocycles. The zero-order valence-electron chi connectivity index (χ0n) is 66.8. The van der Waals surface area contributed by atoms with Gasteiger partial charge in [-0.15, -0.1) is 0 Å². The van der Waals surface area contributed by atoms with Gasteiger partial charge in [0.15, 0.2) is 0 Å². The van der Waals surface area contributed by atoms with Crippen molar-refractivity contribution in [2.24, 2.45) is 56.4 Å². The second-order valence-corrected chi connectivity index (χ2v) is 32.5. The van der Waals surface area contributed by atoms with E-state index in [2.05, 4.69) is 345 Å². The van der Waals surface area contributed by atoms with Crippen molar-refractivity contribution in [1.29, 1.82) is 0 Å². The van der Waals surface area contributed by atoms with Crippen LogP contribution >= 0.6 is 0 Å². The van der Waals surface area contributed by atoms with E-state index in [1.807, 2.05) is 37.2 Å². The molecule has 20 rings (SSSR count). The summed E-state index contributed by atoms with van der Waals surface area (Å²) in [6, 6.07) is 39.8. The quantitative estimate of drug-likeness (QED) is 0.163. The van der Waals surface area contributed by atoms with Crippen LogP contribution in [0.4, 0.5) is 0 Å². The third-order valence-electron chi connectivity index (χ3n) is 23.5. The Labute approximate surface area is 628 Å². The van der Waals surface area contributed by atoms with Gasteiger partial charge >= 0.3 is 0 Å². The van der Waals surface area contributed by atoms with E-state index in [0.29, 0.717) is 23.7 Å². The number of benzene rings is 8. The van der Waals surface area contributed by atoms with E-state index in [1.165, 1.54) is 138 Å². The Balaban J connectivity index is 0.000000109. The van der Waals surface area contributed by atoms with Crippen molar-refractivity contribution < 1.29 is 0 Å². The standard InChI is InChI=1S/C33H39N5.C25H29N5.C18H16N4.C14H14N4/c1-18(2)21-13-11-14-22(19(3)4)27(21)31-34-24-17-26-30(20(5)29(24)36(31)9)37(10)32-35-28-23(33(6,7)8)15-12-16-25(28)38(26)32;1-14(2)17-9-8-10-18(15(3)4)21(17)24-27-19-13-20-23(16(5)22(19)28(24)6)29(7)25-26-11-12-30(20)25;1-11-16-13(12-6-4-5-7-14(12)20(16)2)10-15-17(11)21(3)18-19-8-9-22(15)18;1-9-12-10(4-6-16(12)2)8-11-13(9)17(3)14-15-5-7-18(11)14/h11-19H,1-10H3;8-15H,1-7H3;4-10H,1-3H3;4-8H,1-3H3. The predicted octanol–water partition coefficient (Wildman–Crippen LogP) is 20.7. The van der Waals surface area contributed by atoms with Gasteiger partial charge in [0.2, 0.25) is 23.1 Å². The Morgan fingerprint density at radius 3 is 1.22 bits per heavy atom. The van der Waals surface area contributed by atoms with E-state index >= 15 is 0 Å². The molecule has 108 heavy (non-hydrogen) atoms. The molecule has 548 valence electrons. The zero-order chi connectivity index (χ0) is 76.0. The fraction of sp³-hybridized carbons (Fsp3) is 0.311. The molecule has 12 aromatic heterocycles. The molecule has 18 nitrogen and oxygen atoms in total. The van der Waals surface area contributed by atoms with Crippen molar-refractivity contribution in [1.82, 2.24) is 84.0 Å². The minimum atomic E-state index is 0.0181. The number of aromatic nitrogens is 18. The molecule has 0 bridgehead atoms. The molecule has 20 aromatic rings. The van der Waals surface area contributed by atoms with Crippen molar-refractivity contribution in [3.8, 4) is 22.8 Å². The van der Waals surface area contributed by atoms with E-state index in [4.69, 9.17) is 15.0 Å². The molecule has 0 saturated carbocycles. The van der Waals surface area contributed by atoms with Crippen LogP contribution in [-0.4, -0.2) is 84.0 Å². The summed E-state index contributed by atoms with van der Waals surface area (Å²) in [5.41, 5.74) is 34.6. The molecular weight excluding hydrogens is 1330 g/mol. The number of fused-ring (bicyclic) bond motifs is 20. The maximum atomic E-state index is 5.34. The van der Waals surface area contributed by atoms with Crippen LogP contribution in [0.5, 0.6) is 0 Å². The van der Waals surface area contributed by atoms with Crippen molar-refractivity contribution in [2.45, 2.75) is 133 Å². The summed E-state index contributed by atoms with van der Waals surface area (Å²) in [5.74, 6) is 7.70. The fourth-order valence-corrected chi connectivity index (χ4v) is 18.6. The number of nitrogens with zero attached hydrogens (tertiary/aromatic N) is 18. The first-order valence-electron chi connectivity index (χ1n) is 38.0. The van der Waals surface area contributed by atoms with Gasteiger partial charge in [0, 0.05) is 144 Å². The molecule has 0 amide bonds. The average molecular weight is 1430 g/mol. The van der Waals surface area contributed by atoms with Crippen LogP contribution in [0.2, 0.25) is 0 Å². The maximum absolute atomic E-state index is 5.34. The minimum absolute atomic E-state index is 0.0181. The van der Waals surface area contributed by atoms with E-state index in [0.717, 1.165) is 67.9 Å². The number of hydrogen-bond donors (Lipinski definition) is 0. The van der Waals surface area contributed by atoms with E-state index in [-0.39, 0.29) is 5.41 Å². The lowest BCUT2D eigenvalue weighted by Gasteiger charge is -2.19. The van der Waals surface area contributed by atoms with Crippen molar-refractivity contribution in [2.75, 3.05) is 0 Å². The van der Waals surface area contributed by atoms with Gasteiger partial charge in [0.05, 0.1) is 88.3 Å². The molecular formula is C90H98N18. The number of imidazole rings is 10. The van der Waals surface area contributed by atoms with Crippen LogP contribution in [0.25, 0.3) is 156 Å². The second-order valence-electron chi connectivity index (χ2n) is 32.5. The second kappa shape index (κ2) is 25.0. The summed E-state index contributed by atoms with van der Waals surface area (Å²) in [7, 11) is 17.0. The summed E-state index contributed by atoms with van der Waals surface area (Å²) in [6.45, 7) is 33.8. The molecule has 0 spiro atoms. The largest absolute Gasteiger partial charge is 0.350 e. The van der Waals surface area contributed by atoms with Crippen LogP contribution in [-0.2, 0) is 61.8 Å². The lowest BCUT2D eigenvalue weighted by Crippen LogP contribution is -2.11. The average Bonchev–Trinajstić information content (AvgIpc) is 1.57. The van der Waals surface area contributed by atoms with E-state index in [1.54, 1.807) is 0 Å². The van der Waals surface area contributed by atoms with Crippen molar-refractivity contribution in [3.05, 3.63) is 203 Å². The highest BCUT2D eigenvalue weighted by Gasteiger charge is 2.29. The molecule has 0 fully saturated rings. The molecule has 0 aliphatic rings. The van der Waals surface area contributed by atoms with E-state index in [9.17, 15) is 0 Å². The monoisotopic (exact) mass is 1430 g/mol. The summed E-state index contributed by atoms with van der Waals surface area (Å²) >= 11 is 0. The SMILES string of the molecule is Cc1c2c(cc3c1n(C)c1nc4c(C(C)(C)C)cccc4n31)nc(-c1c(C(C)C)cccc1C(C)C)n2C.Cc1c2c(cc3c1n(C)c1nccn31)c1ccccc1n2C.Cc1c2c(cc3c1n(C)c1nccn31)nc(-c1c(C(C)C)cccc1C(C)C)n2C.Cc1c2c(ccn2C)cc2c1n(C)c1nccn21. The first kappa shape index (κ1) is 69.4. The first-order chi connectivity index (χ1) is 51.6. The molecule has 0 aliphatic heterocycles. The molecule has 0 unspecified atom stereocenters. The van der Waals surface area contributed by atoms with Crippen LogP contribution < -0.4 is 0 Å². The molecule has 8 aromatic carbocycles. The number of rotatable bonds is 6. The number of para-hydroxylation sites is 2. The fourth-order valence-electron chi connectivity index (χ4n) is 18.6. The van der Waals surface area contributed by atoms with Gasteiger partial charge in [-0.1, -0.05) is 143 Å². The van der Waals surface area contributed by atoms with Crippen molar-refractivity contribution in [3.63, 3.8) is 0 Å². The normalized spacial score (nSPS) is 12.5. The predicted molar refractivity (Wildman–Crippen MR) is 448 cm³/mol. The Morgan fingerprint density at radius 1 is 0.333 bits per heavy atom.